The molecule has 5 nitrogen and oxygen atoms in total. The van der Waals surface area contributed by atoms with Gasteiger partial charge >= 0.3 is 0 Å². The van der Waals surface area contributed by atoms with Crippen molar-refractivity contribution in [2.75, 3.05) is 38.0 Å². The molecule has 2 aliphatic rings. The van der Waals surface area contributed by atoms with Crippen molar-refractivity contribution in [2.24, 2.45) is 0 Å². The van der Waals surface area contributed by atoms with Gasteiger partial charge in [0.25, 0.3) is 0 Å². The number of halogens is 1. The molecule has 2 aliphatic heterocycles. The smallest absolute Gasteiger partial charge is 0.228 e. The van der Waals surface area contributed by atoms with E-state index in [2.05, 4.69) is 33.8 Å². The highest BCUT2D eigenvalue weighted by Crippen LogP contribution is 2.30. The third-order valence-electron chi connectivity index (χ3n) is 5.73. The Morgan fingerprint density at radius 2 is 1.90 bits per heavy atom. The summed E-state index contributed by atoms with van der Waals surface area (Å²) < 4.78 is 0. The second kappa shape index (κ2) is 8.78. The minimum Gasteiger partial charge on any atom is -0.354 e. The van der Waals surface area contributed by atoms with Gasteiger partial charge in [0.05, 0.1) is 6.42 Å². The van der Waals surface area contributed by atoms with Crippen molar-refractivity contribution in [1.29, 1.82) is 5.41 Å². The second-order valence-corrected chi connectivity index (χ2v) is 8.29. The average molecular weight is 429 g/mol. The van der Waals surface area contributed by atoms with Gasteiger partial charge in [0.1, 0.15) is 5.84 Å². The van der Waals surface area contributed by atoms with E-state index >= 15 is 0 Å². The Bertz CT molecular complexity index is 940. The molecule has 1 fully saturated rings. The van der Waals surface area contributed by atoms with E-state index in [4.69, 9.17) is 17.0 Å². The van der Waals surface area contributed by atoms with Crippen molar-refractivity contribution >= 4 is 41.7 Å². The fraction of sp³-hybridized carbons (Fsp3) is 0.364. The van der Waals surface area contributed by atoms with Crippen molar-refractivity contribution in [2.45, 2.75) is 18.6 Å². The maximum absolute atomic E-state index is 11.6. The van der Waals surface area contributed by atoms with Crippen LogP contribution in [0.4, 0.5) is 5.69 Å². The number of nitrogens with zero attached hydrogens (tertiary/aromatic N) is 2. The summed E-state index contributed by atoms with van der Waals surface area (Å²) >= 11 is 10.8. The molecule has 0 saturated carbocycles. The first-order chi connectivity index (χ1) is 14.0. The Hall–Kier alpha value is -2.02. The monoisotopic (exact) mass is 428 g/mol. The molecule has 2 aromatic rings. The lowest BCUT2D eigenvalue weighted by Gasteiger charge is -2.36. The van der Waals surface area contributed by atoms with Crippen LogP contribution < -0.4 is 5.32 Å². The molecular formula is C22H25ClN4OS. The number of rotatable bonds is 5. The molecule has 0 aliphatic carbocycles. The van der Waals surface area contributed by atoms with E-state index in [-0.39, 0.29) is 5.91 Å². The molecule has 1 saturated heterocycles. The lowest BCUT2D eigenvalue weighted by atomic mass is 10.0. The molecule has 0 aromatic heterocycles. The highest BCUT2D eigenvalue weighted by Gasteiger charge is 2.22. The van der Waals surface area contributed by atoms with Gasteiger partial charge in [-0.3, -0.25) is 15.1 Å². The summed E-state index contributed by atoms with van der Waals surface area (Å²) in [6.07, 6.45) is 1.30. The first-order valence-corrected chi connectivity index (χ1v) is 10.9. The van der Waals surface area contributed by atoms with Crippen LogP contribution in [0.25, 0.3) is 0 Å². The average Bonchev–Trinajstić information content (AvgIpc) is 3.10. The van der Waals surface area contributed by atoms with Crippen LogP contribution in [0.15, 0.2) is 36.4 Å². The predicted octanol–water partition coefficient (Wildman–Crippen LogP) is 3.45. The number of amidine groups is 1. The topological polar surface area (TPSA) is 59.4 Å². The first kappa shape index (κ1) is 20.3. The van der Waals surface area contributed by atoms with Crippen LogP contribution in [0.5, 0.6) is 0 Å². The number of thiol groups is 1. The number of nitrogens with one attached hydrogen (secondary N) is 2. The minimum atomic E-state index is 0.0336. The third kappa shape index (κ3) is 4.44. The van der Waals surface area contributed by atoms with Crippen molar-refractivity contribution in [3.63, 3.8) is 0 Å². The van der Waals surface area contributed by atoms with Crippen molar-refractivity contribution in [3.8, 4) is 0 Å². The number of anilines is 1. The molecule has 0 spiro atoms. The Morgan fingerprint density at radius 3 is 2.66 bits per heavy atom. The number of hydrogen-bond acceptors (Lipinski definition) is 4. The highest BCUT2D eigenvalue weighted by atomic mass is 35.5. The molecule has 1 amide bonds. The van der Waals surface area contributed by atoms with Crippen molar-refractivity contribution < 1.29 is 4.79 Å². The Labute approximate surface area is 182 Å². The first-order valence-electron chi connectivity index (χ1n) is 9.91. The molecule has 0 atom stereocenters. The van der Waals surface area contributed by atoms with Crippen LogP contribution in [0.3, 0.4) is 0 Å². The molecule has 7 heteroatoms. The van der Waals surface area contributed by atoms with Gasteiger partial charge in [-0.05, 0) is 29.2 Å². The quantitative estimate of drug-likeness (QED) is 0.388. The maximum atomic E-state index is 11.6. The molecule has 2 N–H and O–H groups in total. The van der Waals surface area contributed by atoms with E-state index in [0.717, 1.165) is 72.1 Å². The standard InChI is InChI=1S/C22H25ClN4OS/c23-19-13-20-17(12-21(28)25-20)11-15(19)5-6-26-7-9-27(10-8-26)22(24)18-4-2-1-3-16(18)14-29/h1-4,11,13,24,29H,5-10,12,14H2,(H,25,28). The number of carbonyl (C=O) groups excluding carboxylic acids is 1. The van der Waals surface area contributed by atoms with Crippen LogP contribution in [-0.2, 0) is 23.4 Å². The molecule has 0 radical (unpaired) electrons. The normalized spacial score (nSPS) is 16.6. The van der Waals surface area contributed by atoms with Gasteiger partial charge in [-0.2, -0.15) is 12.6 Å². The van der Waals surface area contributed by atoms with E-state index in [1.807, 2.05) is 30.3 Å². The highest BCUT2D eigenvalue weighted by molar-refractivity contribution is 7.79. The number of carbonyl (C=O) groups is 1. The Morgan fingerprint density at radius 1 is 1.14 bits per heavy atom. The fourth-order valence-electron chi connectivity index (χ4n) is 4.02. The van der Waals surface area contributed by atoms with Crippen LogP contribution in [0.1, 0.15) is 22.3 Å². The van der Waals surface area contributed by atoms with Gasteiger partial charge in [-0.15, -0.1) is 0 Å². The zero-order valence-corrected chi connectivity index (χ0v) is 17.9. The molecule has 2 aromatic carbocycles. The number of fused-ring (bicyclic) bond motifs is 1. The van der Waals surface area contributed by atoms with Crippen LogP contribution >= 0.6 is 24.2 Å². The lowest BCUT2D eigenvalue weighted by Crippen LogP contribution is -2.49. The van der Waals surface area contributed by atoms with Crippen LogP contribution in [0.2, 0.25) is 5.02 Å². The molecule has 4 rings (SSSR count). The van der Waals surface area contributed by atoms with Gasteiger partial charge in [-0.25, -0.2) is 0 Å². The Balaban J connectivity index is 1.32. The fourth-order valence-corrected chi connectivity index (χ4v) is 4.56. The summed E-state index contributed by atoms with van der Waals surface area (Å²) in [6, 6.07) is 12.0. The molecule has 152 valence electrons. The summed E-state index contributed by atoms with van der Waals surface area (Å²) in [6.45, 7) is 4.46. The molecular weight excluding hydrogens is 404 g/mol. The number of hydrogen-bond donors (Lipinski definition) is 3. The maximum Gasteiger partial charge on any atom is 0.228 e. The molecule has 2 heterocycles. The number of amides is 1. The van der Waals surface area contributed by atoms with E-state index in [9.17, 15) is 4.79 Å². The van der Waals surface area contributed by atoms with Gasteiger partial charge in [0, 0.05) is 54.8 Å². The second-order valence-electron chi connectivity index (χ2n) is 7.57. The molecule has 29 heavy (non-hydrogen) atoms. The Kier molecular flexibility index (Phi) is 6.13. The van der Waals surface area contributed by atoms with Crippen LogP contribution in [-0.4, -0.2) is 54.3 Å². The summed E-state index contributed by atoms with van der Waals surface area (Å²) in [5.41, 5.74) is 5.05. The van der Waals surface area contributed by atoms with Gasteiger partial charge in [0.15, 0.2) is 0 Å². The summed E-state index contributed by atoms with van der Waals surface area (Å²) in [5, 5.41) is 12.2. The zero-order chi connectivity index (χ0) is 20.4. The lowest BCUT2D eigenvalue weighted by molar-refractivity contribution is -0.115. The van der Waals surface area contributed by atoms with E-state index in [1.165, 1.54) is 0 Å². The third-order valence-corrected chi connectivity index (χ3v) is 6.42. The van der Waals surface area contributed by atoms with E-state index in [0.29, 0.717) is 18.0 Å². The molecule has 0 bridgehead atoms. The van der Waals surface area contributed by atoms with E-state index in [1.54, 1.807) is 0 Å². The van der Waals surface area contributed by atoms with Gasteiger partial charge in [0.2, 0.25) is 5.91 Å². The van der Waals surface area contributed by atoms with Gasteiger partial charge in [-0.1, -0.05) is 41.9 Å². The predicted molar refractivity (Wildman–Crippen MR) is 121 cm³/mol. The largest absolute Gasteiger partial charge is 0.354 e. The number of piperazine rings is 1. The SMILES string of the molecule is N=C(c1ccccc1CS)N1CCN(CCc2cc3c(cc2Cl)NC(=O)C3)CC1. The summed E-state index contributed by atoms with van der Waals surface area (Å²) in [7, 11) is 0. The van der Waals surface area contributed by atoms with Crippen molar-refractivity contribution in [1.82, 2.24) is 9.80 Å². The summed E-state index contributed by atoms with van der Waals surface area (Å²) in [4.78, 5) is 16.1. The van der Waals surface area contributed by atoms with Crippen LogP contribution in [0, 0.1) is 5.41 Å². The minimum absolute atomic E-state index is 0.0336. The number of benzene rings is 2. The van der Waals surface area contributed by atoms with Gasteiger partial charge < -0.3 is 10.2 Å². The molecule has 0 unspecified atom stereocenters. The summed E-state index contributed by atoms with van der Waals surface area (Å²) in [5.74, 6) is 1.26. The zero-order valence-electron chi connectivity index (χ0n) is 16.2. The van der Waals surface area contributed by atoms with Crippen molar-refractivity contribution in [3.05, 3.63) is 63.7 Å². The van der Waals surface area contributed by atoms with E-state index < -0.39 is 0 Å².